The van der Waals surface area contributed by atoms with Crippen LogP contribution in [0.2, 0.25) is 0 Å². The lowest BCUT2D eigenvalue weighted by Gasteiger charge is -2.00. The monoisotopic (exact) mass is 388 g/mol. The van der Waals surface area contributed by atoms with Crippen LogP contribution in [0.25, 0.3) is 0 Å². The summed E-state index contributed by atoms with van der Waals surface area (Å²) >= 11 is 1.65. The number of halogens is 3. The van der Waals surface area contributed by atoms with Gasteiger partial charge < -0.3 is 0 Å². The summed E-state index contributed by atoms with van der Waals surface area (Å²) < 4.78 is 57.5. The maximum atomic E-state index is 11.2. The smallest absolute Gasteiger partial charge is 0.299 e. The molecule has 1 aromatic heterocycles. The molecular formula is C15H23F3O4S2. The van der Waals surface area contributed by atoms with Crippen molar-refractivity contribution in [1.82, 2.24) is 0 Å². The van der Waals surface area contributed by atoms with Gasteiger partial charge in [-0.25, -0.2) is 0 Å². The molecule has 1 saturated carbocycles. The number of carbonyl (C=O) groups is 1. The minimum Gasteiger partial charge on any atom is -0.299 e. The molecule has 140 valence electrons. The van der Waals surface area contributed by atoms with Crippen LogP contribution in [0, 0.1) is 5.92 Å². The summed E-state index contributed by atoms with van der Waals surface area (Å²) in [6.45, 7) is 3.88. The lowest BCUT2D eigenvalue weighted by Crippen LogP contribution is -2.21. The Balaban J connectivity index is 0.000000356. The fourth-order valence-electron chi connectivity index (χ4n) is 1.67. The molecule has 4 nitrogen and oxygen atoms in total. The molecule has 0 amide bonds. The third-order valence-electron chi connectivity index (χ3n) is 3.12. The van der Waals surface area contributed by atoms with Gasteiger partial charge in [-0.2, -0.15) is 21.6 Å². The molecule has 0 unspecified atom stereocenters. The zero-order valence-corrected chi connectivity index (χ0v) is 15.3. The normalized spacial score (nSPS) is 14.5. The SMILES string of the molecule is C1CCCC1.CC(C)C(=O)Cc1cccs1.O=S(=O)(O)C(F)(F)F. The molecule has 1 fully saturated rings. The zero-order valence-electron chi connectivity index (χ0n) is 13.7. The van der Waals surface area contributed by atoms with Crippen LogP contribution in [0.1, 0.15) is 50.8 Å². The number of Topliss-reactive ketones (excluding diaryl/α,β-unsaturated/α-hetero) is 1. The minimum absolute atomic E-state index is 0.164. The number of hydrogen-bond acceptors (Lipinski definition) is 4. The molecule has 1 aromatic rings. The van der Waals surface area contributed by atoms with Crippen LogP contribution < -0.4 is 0 Å². The molecule has 0 aromatic carbocycles. The number of hydrogen-bond donors (Lipinski definition) is 1. The van der Waals surface area contributed by atoms with Gasteiger partial charge in [0.25, 0.3) is 0 Å². The van der Waals surface area contributed by atoms with Crippen molar-refractivity contribution in [2.75, 3.05) is 0 Å². The highest BCUT2D eigenvalue weighted by atomic mass is 32.2. The standard InChI is InChI=1S/C9H12OS.C5H10.CHF3O3S/c1-7(2)9(10)6-8-4-3-5-11-8;1-2-4-5-3-1;2-1(3,4)8(5,6)7/h3-5,7H,6H2,1-2H3;1-5H2;(H,5,6,7). The molecule has 1 aliphatic rings. The third-order valence-corrected chi connectivity index (χ3v) is 4.58. The second-order valence-corrected chi connectivity index (χ2v) is 8.01. The van der Waals surface area contributed by atoms with Crippen molar-refractivity contribution >= 4 is 27.2 Å². The largest absolute Gasteiger partial charge is 0.522 e. The molecule has 24 heavy (non-hydrogen) atoms. The lowest BCUT2D eigenvalue weighted by atomic mass is 10.1. The van der Waals surface area contributed by atoms with Crippen LogP contribution >= 0.6 is 11.3 Å². The van der Waals surface area contributed by atoms with E-state index in [-0.39, 0.29) is 5.92 Å². The first kappa shape index (κ1) is 23.1. The number of thiophene rings is 1. The van der Waals surface area contributed by atoms with Crippen LogP contribution in [-0.4, -0.2) is 24.3 Å². The third kappa shape index (κ3) is 10.8. The predicted octanol–water partition coefficient (Wildman–Crippen LogP) is 4.86. The summed E-state index contributed by atoms with van der Waals surface area (Å²) in [5.41, 5.74) is -5.53. The van der Waals surface area contributed by atoms with Crippen molar-refractivity contribution in [3.8, 4) is 0 Å². The summed E-state index contributed by atoms with van der Waals surface area (Å²) in [5, 5.41) is 2.00. The summed E-state index contributed by atoms with van der Waals surface area (Å²) in [5.74, 6) is 0.490. The van der Waals surface area contributed by atoms with Crippen LogP contribution in [-0.2, 0) is 21.3 Å². The molecule has 0 radical (unpaired) electrons. The van der Waals surface area contributed by atoms with Gasteiger partial charge in [-0.15, -0.1) is 11.3 Å². The topological polar surface area (TPSA) is 71.4 Å². The van der Waals surface area contributed by atoms with E-state index in [1.165, 1.54) is 37.0 Å². The van der Waals surface area contributed by atoms with Gasteiger partial charge in [0.05, 0.1) is 0 Å². The van der Waals surface area contributed by atoms with Crippen molar-refractivity contribution in [3.05, 3.63) is 22.4 Å². The molecule has 1 heterocycles. The highest BCUT2D eigenvalue weighted by Crippen LogP contribution is 2.20. The maximum absolute atomic E-state index is 11.2. The van der Waals surface area contributed by atoms with Gasteiger partial charge in [0, 0.05) is 17.2 Å². The lowest BCUT2D eigenvalue weighted by molar-refractivity contribution is -0.121. The van der Waals surface area contributed by atoms with E-state index in [2.05, 4.69) is 0 Å². The van der Waals surface area contributed by atoms with Crippen LogP contribution in [0.3, 0.4) is 0 Å². The van der Waals surface area contributed by atoms with E-state index < -0.39 is 15.6 Å². The number of ketones is 1. The molecule has 0 atom stereocenters. The van der Waals surface area contributed by atoms with E-state index in [0.29, 0.717) is 12.2 Å². The van der Waals surface area contributed by atoms with Gasteiger partial charge in [-0.3, -0.25) is 9.35 Å². The van der Waals surface area contributed by atoms with E-state index in [4.69, 9.17) is 13.0 Å². The van der Waals surface area contributed by atoms with Gasteiger partial charge in [0.2, 0.25) is 0 Å². The Bertz CT molecular complexity index is 552. The van der Waals surface area contributed by atoms with Gasteiger partial charge in [-0.1, -0.05) is 52.0 Å². The molecule has 1 aliphatic carbocycles. The first-order valence-corrected chi connectivity index (χ1v) is 9.86. The summed E-state index contributed by atoms with van der Waals surface area (Å²) in [7, 11) is -5.84. The Morgan fingerprint density at radius 1 is 1.21 bits per heavy atom. The first-order valence-electron chi connectivity index (χ1n) is 7.54. The van der Waals surface area contributed by atoms with E-state index in [1.54, 1.807) is 11.3 Å². The fraction of sp³-hybridized carbons (Fsp3) is 0.667. The molecule has 1 N–H and O–H groups in total. The molecule has 0 bridgehead atoms. The number of alkyl halides is 3. The van der Waals surface area contributed by atoms with E-state index in [9.17, 15) is 18.0 Å². The van der Waals surface area contributed by atoms with Crippen molar-refractivity contribution in [3.63, 3.8) is 0 Å². The summed E-state index contributed by atoms with van der Waals surface area (Å²) in [6.07, 6.45) is 8.11. The molecular weight excluding hydrogens is 365 g/mol. The van der Waals surface area contributed by atoms with Crippen molar-refractivity contribution in [2.45, 2.75) is 57.9 Å². The van der Waals surface area contributed by atoms with Crippen LogP contribution in [0.4, 0.5) is 13.2 Å². The second-order valence-electron chi connectivity index (χ2n) is 5.57. The van der Waals surface area contributed by atoms with Gasteiger partial charge in [0.1, 0.15) is 5.78 Å². The Morgan fingerprint density at radius 3 is 1.88 bits per heavy atom. The molecule has 2 rings (SSSR count). The Kier molecular flexibility index (Phi) is 10.4. The van der Waals surface area contributed by atoms with Crippen molar-refractivity contribution in [2.24, 2.45) is 5.92 Å². The zero-order chi connectivity index (χ0) is 18.8. The molecule has 0 spiro atoms. The van der Waals surface area contributed by atoms with E-state index >= 15 is 0 Å². The Morgan fingerprint density at radius 2 is 1.62 bits per heavy atom. The molecule has 0 saturated heterocycles. The van der Waals surface area contributed by atoms with Gasteiger partial charge >= 0.3 is 15.6 Å². The Hall–Kier alpha value is -0.930. The van der Waals surface area contributed by atoms with Crippen LogP contribution in [0.5, 0.6) is 0 Å². The average molecular weight is 388 g/mol. The van der Waals surface area contributed by atoms with E-state index in [0.717, 1.165) is 0 Å². The highest BCUT2D eigenvalue weighted by Gasteiger charge is 2.44. The maximum Gasteiger partial charge on any atom is 0.522 e. The van der Waals surface area contributed by atoms with Crippen LogP contribution in [0.15, 0.2) is 17.5 Å². The van der Waals surface area contributed by atoms with Crippen molar-refractivity contribution < 1.29 is 30.9 Å². The highest BCUT2D eigenvalue weighted by molar-refractivity contribution is 7.86. The predicted molar refractivity (Wildman–Crippen MR) is 88.6 cm³/mol. The molecule has 9 heteroatoms. The van der Waals surface area contributed by atoms with Crippen molar-refractivity contribution in [1.29, 1.82) is 0 Å². The second kappa shape index (κ2) is 10.8. The summed E-state index contributed by atoms with van der Waals surface area (Å²) in [6, 6.07) is 3.98. The van der Waals surface area contributed by atoms with Gasteiger partial charge in [-0.05, 0) is 11.4 Å². The fourth-order valence-corrected chi connectivity index (χ4v) is 2.39. The molecule has 0 aliphatic heterocycles. The Labute approximate surface area is 144 Å². The van der Waals surface area contributed by atoms with E-state index in [1.807, 2.05) is 31.4 Å². The summed E-state index contributed by atoms with van der Waals surface area (Å²) in [4.78, 5) is 12.4. The number of carbonyl (C=O) groups excluding carboxylic acids is 1. The quantitative estimate of drug-likeness (QED) is 0.593. The number of rotatable bonds is 3. The average Bonchev–Trinajstić information content (AvgIpc) is 3.13. The first-order chi connectivity index (χ1) is 10.9. The van der Waals surface area contributed by atoms with Gasteiger partial charge in [0.15, 0.2) is 0 Å². The minimum atomic E-state index is -5.84.